The van der Waals surface area contributed by atoms with Crippen molar-refractivity contribution in [1.82, 2.24) is 5.32 Å². The third kappa shape index (κ3) is 1.86. The number of anilines is 1. The molecule has 1 amide bonds. The number of nitrogens with one attached hydrogen (secondary N) is 1. The van der Waals surface area contributed by atoms with Crippen molar-refractivity contribution >= 4 is 11.6 Å². The SMILES string of the molecule is Cc1ccc2c(c1)OC(C)CN2C(=O)C1CNC1. The second-order valence-corrected chi connectivity index (χ2v) is 5.20. The number of amides is 1. The summed E-state index contributed by atoms with van der Waals surface area (Å²) in [6.45, 7) is 6.28. The van der Waals surface area contributed by atoms with Gasteiger partial charge in [-0.3, -0.25) is 4.79 Å². The first kappa shape index (κ1) is 11.5. The quantitative estimate of drug-likeness (QED) is 0.812. The largest absolute Gasteiger partial charge is 0.487 e. The van der Waals surface area contributed by atoms with Crippen molar-refractivity contribution in [2.75, 3.05) is 24.5 Å². The van der Waals surface area contributed by atoms with Crippen LogP contribution in [-0.2, 0) is 4.79 Å². The van der Waals surface area contributed by atoms with Gasteiger partial charge in [-0.05, 0) is 31.5 Å². The molecule has 0 spiro atoms. The van der Waals surface area contributed by atoms with E-state index >= 15 is 0 Å². The average Bonchev–Trinajstić information content (AvgIpc) is 2.24. The van der Waals surface area contributed by atoms with Crippen molar-refractivity contribution in [3.05, 3.63) is 23.8 Å². The molecule has 0 aromatic heterocycles. The molecule has 0 radical (unpaired) electrons. The Morgan fingerprint density at radius 2 is 2.22 bits per heavy atom. The smallest absolute Gasteiger partial charge is 0.232 e. The van der Waals surface area contributed by atoms with Gasteiger partial charge in [0.1, 0.15) is 11.9 Å². The molecule has 0 bridgehead atoms. The van der Waals surface area contributed by atoms with E-state index in [1.54, 1.807) is 0 Å². The van der Waals surface area contributed by atoms with E-state index in [1.165, 1.54) is 0 Å². The van der Waals surface area contributed by atoms with Crippen LogP contribution in [0.2, 0.25) is 0 Å². The maximum absolute atomic E-state index is 12.4. The minimum atomic E-state index is 0.0521. The van der Waals surface area contributed by atoms with E-state index in [0.29, 0.717) is 6.54 Å². The predicted octanol–water partition coefficient (Wildman–Crippen LogP) is 1.33. The molecule has 3 rings (SSSR count). The normalized spacial score (nSPS) is 23.0. The van der Waals surface area contributed by atoms with E-state index in [-0.39, 0.29) is 17.9 Å². The zero-order chi connectivity index (χ0) is 12.7. The van der Waals surface area contributed by atoms with Crippen molar-refractivity contribution in [3.8, 4) is 5.75 Å². The second kappa shape index (κ2) is 4.28. The fourth-order valence-corrected chi connectivity index (χ4v) is 2.44. The molecular formula is C14H18N2O2. The van der Waals surface area contributed by atoms with Crippen molar-refractivity contribution in [2.45, 2.75) is 20.0 Å². The minimum Gasteiger partial charge on any atom is -0.487 e. The second-order valence-electron chi connectivity index (χ2n) is 5.20. The standard InChI is InChI=1S/C14H18N2O2/c1-9-3-4-12-13(5-9)18-10(2)8-16(12)14(17)11-6-15-7-11/h3-5,10-11,15H,6-8H2,1-2H3. The van der Waals surface area contributed by atoms with Gasteiger partial charge in [-0.2, -0.15) is 0 Å². The van der Waals surface area contributed by atoms with Gasteiger partial charge in [0.05, 0.1) is 18.2 Å². The molecule has 1 N–H and O–H groups in total. The fourth-order valence-electron chi connectivity index (χ4n) is 2.44. The summed E-state index contributed by atoms with van der Waals surface area (Å²) in [5.41, 5.74) is 2.07. The molecule has 1 fully saturated rings. The van der Waals surface area contributed by atoms with Gasteiger partial charge in [0.2, 0.25) is 5.91 Å². The van der Waals surface area contributed by atoms with Crippen molar-refractivity contribution < 1.29 is 9.53 Å². The van der Waals surface area contributed by atoms with Gasteiger partial charge in [-0.1, -0.05) is 6.07 Å². The zero-order valence-electron chi connectivity index (χ0n) is 10.8. The van der Waals surface area contributed by atoms with E-state index in [4.69, 9.17) is 4.74 Å². The number of fused-ring (bicyclic) bond motifs is 1. The molecule has 1 unspecified atom stereocenters. The van der Waals surface area contributed by atoms with Crippen molar-refractivity contribution in [1.29, 1.82) is 0 Å². The molecule has 1 aromatic rings. The van der Waals surface area contributed by atoms with E-state index in [0.717, 1.165) is 30.1 Å². The number of carbonyl (C=O) groups is 1. The number of hydrogen-bond acceptors (Lipinski definition) is 3. The Bertz CT molecular complexity index is 483. The van der Waals surface area contributed by atoms with E-state index < -0.39 is 0 Å². The number of benzene rings is 1. The highest BCUT2D eigenvalue weighted by molar-refractivity contribution is 5.97. The fraction of sp³-hybridized carbons (Fsp3) is 0.500. The maximum atomic E-state index is 12.4. The third-order valence-corrected chi connectivity index (χ3v) is 3.57. The van der Waals surface area contributed by atoms with Gasteiger partial charge in [-0.15, -0.1) is 0 Å². The molecule has 0 aliphatic carbocycles. The van der Waals surface area contributed by atoms with Gasteiger partial charge < -0.3 is 15.0 Å². The summed E-state index contributed by atoms with van der Waals surface area (Å²) in [5.74, 6) is 1.17. The lowest BCUT2D eigenvalue weighted by molar-refractivity contribution is -0.124. The van der Waals surface area contributed by atoms with Gasteiger partial charge in [0, 0.05) is 13.1 Å². The molecule has 2 aliphatic rings. The third-order valence-electron chi connectivity index (χ3n) is 3.57. The lowest BCUT2D eigenvalue weighted by Gasteiger charge is -2.37. The van der Waals surface area contributed by atoms with Gasteiger partial charge >= 0.3 is 0 Å². The summed E-state index contributed by atoms with van der Waals surface area (Å²) >= 11 is 0. The molecule has 18 heavy (non-hydrogen) atoms. The maximum Gasteiger partial charge on any atom is 0.232 e. The highest BCUT2D eigenvalue weighted by Gasteiger charge is 2.34. The number of nitrogens with zero attached hydrogens (tertiary/aromatic N) is 1. The molecule has 1 atom stereocenters. The monoisotopic (exact) mass is 246 g/mol. The lowest BCUT2D eigenvalue weighted by atomic mass is 10.0. The summed E-state index contributed by atoms with van der Waals surface area (Å²) in [5, 5.41) is 3.15. The van der Waals surface area contributed by atoms with Crippen LogP contribution in [0.1, 0.15) is 12.5 Å². The summed E-state index contributed by atoms with van der Waals surface area (Å²) in [4.78, 5) is 14.3. The van der Waals surface area contributed by atoms with Crippen LogP contribution < -0.4 is 15.0 Å². The van der Waals surface area contributed by atoms with Gasteiger partial charge in [0.15, 0.2) is 0 Å². The van der Waals surface area contributed by atoms with Crippen molar-refractivity contribution in [2.24, 2.45) is 5.92 Å². The number of hydrogen-bond donors (Lipinski definition) is 1. The van der Waals surface area contributed by atoms with Crippen LogP contribution >= 0.6 is 0 Å². The highest BCUT2D eigenvalue weighted by Crippen LogP contribution is 2.35. The molecular weight excluding hydrogens is 228 g/mol. The molecule has 96 valence electrons. The number of ether oxygens (including phenoxy) is 1. The van der Waals surface area contributed by atoms with E-state index in [1.807, 2.05) is 36.9 Å². The molecule has 1 aromatic carbocycles. The summed E-state index contributed by atoms with van der Waals surface area (Å²) in [7, 11) is 0. The van der Waals surface area contributed by atoms with Crippen molar-refractivity contribution in [3.63, 3.8) is 0 Å². The predicted molar refractivity (Wildman–Crippen MR) is 70.0 cm³/mol. The summed E-state index contributed by atoms with van der Waals surface area (Å²) < 4.78 is 5.81. The van der Waals surface area contributed by atoms with Gasteiger partial charge in [0.25, 0.3) is 0 Å². The number of aryl methyl sites for hydroxylation is 1. The minimum absolute atomic E-state index is 0.0521. The zero-order valence-corrected chi connectivity index (χ0v) is 10.8. The number of carbonyl (C=O) groups excluding carboxylic acids is 1. The van der Waals surface area contributed by atoms with E-state index in [2.05, 4.69) is 5.32 Å². The Labute approximate surface area is 107 Å². The van der Waals surface area contributed by atoms with Crippen LogP contribution in [0.4, 0.5) is 5.69 Å². The topological polar surface area (TPSA) is 41.6 Å². The number of rotatable bonds is 1. The van der Waals surface area contributed by atoms with E-state index in [9.17, 15) is 4.79 Å². The highest BCUT2D eigenvalue weighted by atomic mass is 16.5. The molecule has 1 saturated heterocycles. The Morgan fingerprint density at radius 3 is 2.89 bits per heavy atom. The molecule has 2 aliphatic heterocycles. The molecule has 2 heterocycles. The summed E-state index contributed by atoms with van der Waals surface area (Å²) in [6.07, 6.45) is 0.0521. The first-order valence-corrected chi connectivity index (χ1v) is 6.44. The van der Waals surface area contributed by atoms with Crippen LogP contribution in [-0.4, -0.2) is 31.6 Å². The van der Waals surface area contributed by atoms with Crippen LogP contribution in [0.15, 0.2) is 18.2 Å². The Hall–Kier alpha value is -1.55. The molecule has 4 nitrogen and oxygen atoms in total. The Morgan fingerprint density at radius 1 is 1.44 bits per heavy atom. The Kier molecular flexibility index (Phi) is 2.74. The average molecular weight is 246 g/mol. The molecule has 0 saturated carbocycles. The first-order chi connectivity index (χ1) is 8.65. The summed E-state index contributed by atoms with van der Waals surface area (Å²) in [6, 6.07) is 6.02. The molecule has 4 heteroatoms. The van der Waals surface area contributed by atoms with Crippen LogP contribution in [0.25, 0.3) is 0 Å². The van der Waals surface area contributed by atoms with Crippen LogP contribution in [0.3, 0.4) is 0 Å². The van der Waals surface area contributed by atoms with Crippen LogP contribution in [0, 0.1) is 12.8 Å². The first-order valence-electron chi connectivity index (χ1n) is 6.44. The van der Waals surface area contributed by atoms with Crippen LogP contribution in [0.5, 0.6) is 5.75 Å². The lowest BCUT2D eigenvalue weighted by Crippen LogP contribution is -2.54. The van der Waals surface area contributed by atoms with Gasteiger partial charge in [-0.25, -0.2) is 0 Å². The Balaban J connectivity index is 1.93.